The van der Waals surface area contributed by atoms with Crippen molar-refractivity contribution in [3.05, 3.63) is 24.3 Å². The fourth-order valence-electron chi connectivity index (χ4n) is 1.92. The van der Waals surface area contributed by atoms with Gasteiger partial charge >= 0.3 is 6.03 Å². The number of benzene rings is 1. The van der Waals surface area contributed by atoms with Gasteiger partial charge in [0.1, 0.15) is 5.75 Å². The Morgan fingerprint density at radius 2 is 2.05 bits per heavy atom. The van der Waals surface area contributed by atoms with E-state index in [0.717, 1.165) is 0 Å². The number of nitrogens with one attached hydrogen (secondary N) is 2. The third kappa shape index (κ3) is 5.46. The van der Waals surface area contributed by atoms with E-state index < -0.39 is 5.60 Å². The largest absolute Gasteiger partial charge is 0.495 e. The van der Waals surface area contributed by atoms with E-state index in [9.17, 15) is 9.90 Å². The molecule has 0 heterocycles. The second-order valence-corrected chi connectivity index (χ2v) is 5.24. The van der Waals surface area contributed by atoms with E-state index in [1.165, 1.54) is 0 Å². The fraction of sp³-hybridized carbons (Fsp3) is 0.500. The number of anilines is 1. The second kappa shape index (κ2) is 7.12. The van der Waals surface area contributed by atoms with Crippen molar-refractivity contribution < 1.29 is 14.6 Å². The van der Waals surface area contributed by atoms with E-state index >= 15 is 0 Å². The van der Waals surface area contributed by atoms with Gasteiger partial charge < -0.3 is 25.4 Å². The first-order chi connectivity index (χ1) is 9.34. The number of ether oxygens (including phenoxy) is 1. The first-order valence-corrected chi connectivity index (χ1v) is 6.39. The van der Waals surface area contributed by atoms with Crippen molar-refractivity contribution in [2.75, 3.05) is 39.6 Å². The number of likely N-dealkylation sites (N-methyl/N-ethyl adjacent to an activating group) is 1. The van der Waals surface area contributed by atoms with Crippen molar-refractivity contribution in [3.8, 4) is 5.75 Å². The smallest absolute Gasteiger partial charge is 0.319 e. The summed E-state index contributed by atoms with van der Waals surface area (Å²) in [6, 6.07) is 6.76. The van der Waals surface area contributed by atoms with Crippen LogP contribution in [0.3, 0.4) is 0 Å². The molecule has 3 N–H and O–H groups in total. The maximum atomic E-state index is 11.8. The minimum Gasteiger partial charge on any atom is -0.495 e. The first kappa shape index (κ1) is 16.3. The van der Waals surface area contributed by atoms with Crippen LogP contribution < -0.4 is 15.4 Å². The molecule has 0 aliphatic heterocycles. The molecule has 0 unspecified atom stereocenters. The van der Waals surface area contributed by atoms with Crippen LogP contribution in [0.15, 0.2) is 24.3 Å². The van der Waals surface area contributed by atoms with Crippen molar-refractivity contribution >= 4 is 11.7 Å². The van der Waals surface area contributed by atoms with Crippen LogP contribution in [0.1, 0.15) is 6.92 Å². The van der Waals surface area contributed by atoms with E-state index in [1.54, 1.807) is 32.2 Å². The zero-order valence-corrected chi connectivity index (χ0v) is 12.4. The van der Waals surface area contributed by atoms with Gasteiger partial charge in [-0.25, -0.2) is 4.79 Å². The van der Waals surface area contributed by atoms with Gasteiger partial charge in [0.05, 0.1) is 18.4 Å². The molecule has 6 nitrogen and oxygen atoms in total. The Labute approximate surface area is 119 Å². The molecule has 0 aliphatic carbocycles. The van der Waals surface area contributed by atoms with Gasteiger partial charge in [-0.05, 0) is 33.2 Å². The molecule has 0 bridgehead atoms. The molecular weight excluding hydrogens is 258 g/mol. The fourth-order valence-corrected chi connectivity index (χ4v) is 1.92. The summed E-state index contributed by atoms with van der Waals surface area (Å²) in [6.07, 6.45) is 0. The minimum absolute atomic E-state index is 0.159. The van der Waals surface area contributed by atoms with Gasteiger partial charge in [0.15, 0.2) is 0 Å². The Morgan fingerprint density at radius 1 is 1.40 bits per heavy atom. The topological polar surface area (TPSA) is 73.8 Å². The van der Waals surface area contributed by atoms with Gasteiger partial charge in [-0.15, -0.1) is 0 Å². The maximum absolute atomic E-state index is 11.8. The highest BCUT2D eigenvalue weighted by molar-refractivity contribution is 5.90. The molecule has 0 aromatic heterocycles. The number of carbonyl (C=O) groups is 1. The van der Waals surface area contributed by atoms with Gasteiger partial charge in [0.2, 0.25) is 0 Å². The molecule has 0 radical (unpaired) electrons. The quantitative estimate of drug-likeness (QED) is 0.731. The van der Waals surface area contributed by atoms with Crippen LogP contribution in [0, 0.1) is 0 Å². The average molecular weight is 281 g/mol. The molecule has 0 aliphatic rings. The molecule has 0 saturated carbocycles. The van der Waals surface area contributed by atoms with Crippen LogP contribution in [0.2, 0.25) is 0 Å². The number of nitrogens with zero attached hydrogens (tertiary/aromatic N) is 1. The molecular formula is C14H23N3O3. The van der Waals surface area contributed by atoms with Crippen LogP contribution in [-0.2, 0) is 0 Å². The zero-order valence-electron chi connectivity index (χ0n) is 12.4. The van der Waals surface area contributed by atoms with Gasteiger partial charge in [0.25, 0.3) is 0 Å². The van der Waals surface area contributed by atoms with Crippen LogP contribution in [0.4, 0.5) is 10.5 Å². The molecule has 1 atom stereocenters. The summed E-state index contributed by atoms with van der Waals surface area (Å²) in [4.78, 5) is 13.7. The van der Waals surface area contributed by atoms with E-state index in [4.69, 9.17) is 4.74 Å². The van der Waals surface area contributed by atoms with Crippen molar-refractivity contribution in [3.63, 3.8) is 0 Å². The highest BCUT2D eigenvalue weighted by Gasteiger charge is 2.22. The van der Waals surface area contributed by atoms with Crippen LogP contribution in [0.5, 0.6) is 5.75 Å². The molecule has 20 heavy (non-hydrogen) atoms. The zero-order chi connectivity index (χ0) is 15.2. The monoisotopic (exact) mass is 281 g/mol. The number of hydrogen-bond donors (Lipinski definition) is 3. The third-order valence-corrected chi connectivity index (χ3v) is 2.64. The van der Waals surface area contributed by atoms with E-state index in [1.807, 2.05) is 25.1 Å². The summed E-state index contributed by atoms with van der Waals surface area (Å²) in [6.45, 7) is 2.30. The summed E-state index contributed by atoms with van der Waals surface area (Å²) in [7, 11) is 5.27. The van der Waals surface area contributed by atoms with E-state index in [0.29, 0.717) is 18.0 Å². The summed E-state index contributed by atoms with van der Waals surface area (Å²) < 4.78 is 5.15. The number of hydrogen-bond acceptors (Lipinski definition) is 4. The SMILES string of the molecule is COc1ccccc1NC(=O)NC[C@](C)(O)CN(C)C. The molecule has 2 amide bonds. The third-order valence-electron chi connectivity index (χ3n) is 2.64. The molecule has 0 fully saturated rings. The van der Waals surface area contributed by atoms with Crippen molar-refractivity contribution in [1.29, 1.82) is 0 Å². The Balaban J connectivity index is 2.52. The lowest BCUT2D eigenvalue weighted by Crippen LogP contribution is -2.48. The molecule has 0 saturated heterocycles. The first-order valence-electron chi connectivity index (χ1n) is 6.39. The highest BCUT2D eigenvalue weighted by Crippen LogP contribution is 2.22. The van der Waals surface area contributed by atoms with Gasteiger partial charge in [-0.2, -0.15) is 0 Å². The van der Waals surface area contributed by atoms with Gasteiger partial charge in [0, 0.05) is 13.1 Å². The molecule has 112 valence electrons. The number of aliphatic hydroxyl groups is 1. The lowest BCUT2D eigenvalue weighted by molar-refractivity contribution is 0.0364. The molecule has 1 aromatic carbocycles. The van der Waals surface area contributed by atoms with Gasteiger partial charge in [-0.1, -0.05) is 12.1 Å². The Bertz CT molecular complexity index is 447. The van der Waals surface area contributed by atoms with Gasteiger partial charge in [-0.3, -0.25) is 0 Å². The predicted molar refractivity (Wildman–Crippen MR) is 79.2 cm³/mol. The summed E-state index contributed by atoms with van der Waals surface area (Å²) in [5.41, 5.74) is -0.401. The van der Waals surface area contributed by atoms with E-state index in [-0.39, 0.29) is 12.6 Å². The molecule has 0 spiro atoms. The van der Waals surface area contributed by atoms with Crippen LogP contribution in [0.25, 0.3) is 0 Å². The number of rotatable bonds is 6. The lowest BCUT2D eigenvalue weighted by atomic mass is 10.1. The number of urea groups is 1. The van der Waals surface area contributed by atoms with Crippen LogP contribution >= 0.6 is 0 Å². The molecule has 1 aromatic rings. The minimum atomic E-state index is -0.985. The molecule has 1 rings (SSSR count). The lowest BCUT2D eigenvalue weighted by Gasteiger charge is -2.27. The van der Waals surface area contributed by atoms with Crippen molar-refractivity contribution in [2.24, 2.45) is 0 Å². The predicted octanol–water partition coefficient (Wildman–Crippen LogP) is 1.13. The maximum Gasteiger partial charge on any atom is 0.319 e. The van der Waals surface area contributed by atoms with Crippen molar-refractivity contribution in [2.45, 2.75) is 12.5 Å². The van der Waals surface area contributed by atoms with Crippen molar-refractivity contribution in [1.82, 2.24) is 10.2 Å². The number of para-hydroxylation sites is 2. The Morgan fingerprint density at radius 3 is 2.65 bits per heavy atom. The summed E-state index contributed by atoms with van der Waals surface area (Å²) in [5, 5.41) is 15.4. The average Bonchev–Trinajstić information content (AvgIpc) is 2.36. The number of methoxy groups -OCH3 is 1. The number of carbonyl (C=O) groups excluding carboxylic acids is 1. The second-order valence-electron chi connectivity index (χ2n) is 5.24. The summed E-state index contributed by atoms with van der Waals surface area (Å²) >= 11 is 0. The van der Waals surface area contributed by atoms with E-state index in [2.05, 4.69) is 10.6 Å². The summed E-state index contributed by atoms with van der Waals surface area (Å²) in [5.74, 6) is 0.586. The van der Waals surface area contributed by atoms with Crippen LogP contribution in [-0.4, -0.2) is 55.9 Å². The Kier molecular flexibility index (Phi) is 5.79. The molecule has 6 heteroatoms. The number of amides is 2. The highest BCUT2D eigenvalue weighted by atomic mass is 16.5. The Hall–Kier alpha value is -1.79. The normalized spacial score (nSPS) is 13.7. The standard InChI is InChI=1S/C14H23N3O3/c1-14(19,10-17(2)3)9-15-13(18)16-11-7-5-6-8-12(11)20-4/h5-8,19H,9-10H2,1-4H3,(H2,15,16,18)/t14-/m0/s1.